The van der Waals surface area contributed by atoms with E-state index in [-0.39, 0.29) is 17.9 Å². The molecule has 1 aromatic carbocycles. The number of carbonyl (C=O) groups is 1. The van der Waals surface area contributed by atoms with E-state index in [1.54, 1.807) is 31.4 Å². The summed E-state index contributed by atoms with van der Waals surface area (Å²) in [5, 5.41) is 3.19. The molecule has 0 spiro atoms. The van der Waals surface area contributed by atoms with Crippen molar-refractivity contribution in [3.8, 4) is 5.75 Å². The molecule has 1 atom stereocenters. The first kappa shape index (κ1) is 16.1. The van der Waals surface area contributed by atoms with Crippen molar-refractivity contribution < 1.29 is 14.3 Å². The van der Waals surface area contributed by atoms with Crippen molar-refractivity contribution in [2.75, 3.05) is 26.9 Å². The van der Waals surface area contributed by atoms with E-state index in [0.717, 1.165) is 0 Å². The van der Waals surface area contributed by atoms with Gasteiger partial charge < -0.3 is 14.8 Å². The Morgan fingerprint density at radius 1 is 1.47 bits per heavy atom. The van der Waals surface area contributed by atoms with Gasteiger partial charge in [0.25, 0.3) is 5.91 Å². The van der Waals surface area contributed by atoms with Crippen molar-refractivity contribution >= 4 is 29.1 Å². The number of carbonyl (C=O) groups excluding carboxylic acids is 1. The Bertz CT molecular complexity index is 401. The Morgan fingerprint density at radius 2 is 2.26 bits per heavy atom. The van der Waals surface area contributed by atoms with Gasteiger partial charge in [-0.25, -0.2) is 0 Å². The average Bonchev–Trinajstić information content (AvgIpc) is 2.37. The summed E-state index contributed by atoms with van der Waals surface area (Å²) >= 11 is 11.7. The molecule has 106 valence electrons. The fourth-order valence-corrected chi connectivity index (χ4v) is 1.80. The van der Waals surface area contributed by atoms with E-state index in [1.165, 1.54) is 0 Å². The summed E-state index contributed by atoms with van der Waals surface area (Å²) < 4.78 is 10.2. The fourth-order valence-electron chi connectivity index (χ4n) is 1.39. The van der Waals surface area contributed by atoms with E-state index in [9.17, 15) is 4.79 Å². The van der Waals surface area contributed by atoms with Crippen molar-refractivity contribution in [2.45, 2.75) is 11.8 Å². The number of hydrogen-bond acceptors (Lipinski definition) is 3. The van der Waals surface area contributed by atoms with Crippen LogP contribution in [0.4, 0.5) is 0 Å². The minimum Gasteiger partial charge on any atom is -0.484 e. The third-order valence-electron chi connectivity index (χ3n) is 2.29. The van der Waals surface area contributed by atoms with Crippen LogP contribution in [0.5, 0.6) is 5.75 Å². The van der Waals surface area contributed by atoms with Crippen LogP contribution in [0.2, 0.25) is 5.02 Å². The van der Waals surface area contributed by atoms with Crippen LogP contribution in [-0.4, -0.2) is 38.2 Å². The van der Waals surface area contributed by atoms with E-state index in [2.05, 4.69) is 5.32 Å². The molecule has 0 bridgehead atoms. The fraction of sp³-hybridized carbons (Fsp3) is 0.462. The second-order valence-corrected chi connectivity index (χ2v) is 4.99. The van der Waals surface area contributed by atoms with Gasteiger partial charge in [0, 0.05) is 18.7 Å². The van der Waals surface area contributed by atoms with E-state index >= 15 is 0 Å². The van der Waals surface area contributed by atoms with Gasteiger partial charge in [-0.3, -0.25) is 4.79 Å². The molecule has 1 unspecified atom stereocenters. The number of benzene rings is 1. The minimum absolute atomic E-state index is 0.0441. The highest BCUT2D eigenvalue weighted by Crippen LogP contribution is 2.16. The Hall–Kier alpha value is -0.970. The Balaban J connectivity index is 2.18. The molecule has 0 aromatic heterocycles. The maximum atomic E-state index is 11.5. The summed E-state index contributed by atoms with van der Waals surface area (Å²) in [6.07, 6.45) is 0.651. The van der Waals surface area contributed by atoms with Gasteiger partial charge in [0.2, 0.25) is 0 Å². The predicted molar refractivity (Wildman–Crippen MR) is 76.1 cm³/mol. The highest BCUT2D eigenvalue weighted by Gasteiger charge is 2.06. The lowest BCUT2D eigenvalue weighted by Gasteiger charge is -2.10. The minimum atomic E-state index is -0.193. The molecule has 6 heteroatoms. The summed E-state index contributed by atoms with van der Waals surface area (Å²) in [5.74, 6) is 0.374. The largest absolute Gasteiger partial charge is 0.484 e. The van der Waals surface area contributed by atoms with Gasteiger partial charge >= 0.3 is 0 Å². The molecular formula is C13H17Cl2NO3. The first-order valence-electron chi connectivity index (χ1n) is 5.90. The molecule has 0 saturated carbocycles. The number of nitrogens with one attached hydrogen (secondary N) is 1. The van der Waals surface area contributed by atoms with Crippen LogP contribution < -0.4 is 10.1 Å². The Kier molecular flexibility index (Phi) is 7.63. The molecule has 1 aromatic rings. The number of alkyl halides is 1. The zero-order valence-electron chi connectivity index (χ0n) is 10.7. The summed E-state index contributed by atoms with van der Waals surface area (Å²) in [7, 11) is 1.59. The summed E-state index contributed by atoms with van der Waals surface area (Å²) in [6, 6.07) is 6.90. The second kappa shape index (κ2) is 9.02. The lowest BCUT2D eigenvalue weighted by atomic mass is 10.3. The highest BCUT2D eigenvalue weighted by atomic mass is 35.5. The standard InChI is InChI=1S/C13H17Cl2NO3/c1-18-8-11(15)5-6-16-13(17)9-19-12-4-2-3-10(14)7-12/h2-4,7,11H,5-6,8-9H2,1H3,(H,16,17). The quantitative estimate of drug-likeness (QED) is 0.751. The van der Waals surface area contributed by atoms with Crippen molar-refractivity contribution in [1.82, 2.24) is 5.32 Å². The van der Waals surface area contributed by atoms with Crippen molar-refractivity contribution in [3.05, 3.63) is 29.3 Å². The first-order valence-corrected chi connectivity index (χ1v) is 6.71. The molecule has 0 heterocycles. The third kappa shape index (κ3) is 7.25. The molecule has 4 nitrogen and oxygen atoms in total. The third-order valence-corrected chi connectivity index (χ3v) is 2.87. The van der Waals surface area contributed by atoms with Crippen LogP contribution >= 0.6 is 23.2 Å². The lowest BCUT2D eigenvalue weighted by molar-refractivity contribution is -0.123. The van der Waals surface area contributed by atoms with Crippen LogP contribution in [0, 0.1) is 0 Å². The number of halogens is 2. The van der Waals surface area contributed by atoms with Gasteiger partial charge in [0.15, 0.2) is 6.61 Å². The normalized spacial score (nSPS) is 11.9. The molecular weight excluding hydrogens is 289 g/mol. The van der Waals surface area contributed by atoms with Crippen LogP contribution in [0.25, 0.3) is 0 Å². The van der Waals surface area contributed by atoms with Crippen LogP contribution in [0.1, 0.15) is 6.42 Å². The predicted octanol–water partition coefficient (Wildman–Crippen LogP) is 2.48. The summed E-state index contributed by atoms with van der Waals surface area (Å²) in [5.41, 5.74) is 0. The molecule has 1 amide bonds. The molecule has 0 aliphatic heterocycles. The SMILES string of the molecule is COCC(Cl)CCNC(=O)COc1cccc(Cl)c1. The maximum Gasteiger partial charge on any atom is 0.257 e. The van der Waals surface area contributed by atoms with E-state index in [1.807, 2.05) is 0 Å². The van der Waals surface area contributed by atoms with Gasteiger partial charge in [-0.15, -0.1) is 11.6 Å². The number of methoxy groups -OCH3 is 1. The zero-order valence-corrected chi connectivity index (χ0v) is 12.2. The van der Waals surface area contributed by atoms with Gasteiger partial charge in [-0.1, -0.05) is 17.7 Å². The average molecular weight is 306 g/mol. The second-order valence-electron chi connectivity index (χ2n) is 3.94. The van der Waals surface area contributed by atoms with Crippen molar-refractivity contribution in [3.63, 3.8) is 0 Å². The molecule has 0 aliphatic carbocycles. The summed E-state index contributed by atoms with van der Waals surface area (Å²) in [6.45, 7) is 0.920. The molecule has 0 saturated heterocycles. The van der Waals surface area contributed by atoms with Gasteiger partial charge in [0.05, 0.1) is 12.0 Å². The van der Waals surface area contributed by atoms with Crippen LogP contribution in [0.15, 0.2) is 24.3 Å². The number of hydrogen-bond donors (Lipinski definition) is 1. The number of ether oxygens (including phenoxy) is 2. The van der Waals surface area contributed by atoms with Gasteiger partial charge in [-0.2, -0.15) is 0 Å². The van der Waals surface area contributed by atoms with Crippen molar-refractivity contribution in [1.29, 1.82) is 0 Å². The van der Waals surface area contributed by atoms with Gasteiger partial charge in [-0.05, 0) is 24.6 Å². The first-order chi connectivity index (χ1) is 9.11. The molecule has 1 rings (SSSR count). The molecule has 0 aliphatic rings. The van der Waals surface area contributed by atoms with Crippen LogP contribution in [0.3, 0.4) is 0 Å². The molecule has 19 heavy (non-hydrogen) atoms. The van der Waals surface area contributed by atoms with Crippen LogP contribution in [-0.2, 0) is 9.53 Å². The van der Waals surface area contributed by atoms with E-state index < -0.39 is 0 Å². The Morgan fingerprint density at radius 3 is 2.95 bits per heavy atom. The lowest BCUT2D eigenvalue weighted by Crippen LogP contribution is -2.31. The molecule has 1 N–H and O–H groups in total. The van der Waals surface area contributed by atoms with E-state index in [4.69, 9.17) is 32.7 Å². The highest BCUT2D eigenvalue weighted by molar-refractivity contribution is 6.30. The topological polar surface area (TPSA) is 47.6 Å². The molecule has 0 fully saturated rings. The number of amides is 1. The van der Waals surface area contributed by atoms with Gasteiger partial charge in [0.1, 0.15) is 5.75 Å². The Labute approximate surface area is 123 Å². The van der Waals surface area contributed by atoms with E-state index in [0.29, 0.717) is 30.3 Å². The maximum absolute atomic E-state index is 11.5. The summed E-state index contributed by atoms with van der Waals surface area (Å²) in [4.78, 5) is 11.5. The monoisotopic (exact) mass is 305 g/mol. The zero-order chi connectivity index (χ0) is 14.1. The number of rotatable bonds is 8. The smallest absolute Gasteiger partial charge is 0.257 e. The van der Waals surface area contributed by atoms with Crippen molar-refractivity contribution in [2.24, 2.45) is 0 Å². The molecule has 0 radical (unpaired) electrons.